The summed E-state index contributed by atoms with van der Waals surface area (Å²) in [7, 11) is 0. The molecule has 3 N–H and O–H groups in total. The van der Waals surface area contributed by atoms with Crippen LogP contribution >= 0.6 is 0 Å². The molecule has 4 rings (SSSR count). The van der Waals surface area contributed by atoms with E-state index in [1.165, 1.54) is 28.9 Å². The SMILES string of the molecule is O=C(O)c1cnc(N2CCC(NCc3c[nH]c4ccccc34)CC2)nc1. The summed E-state index contributed by atoms with van der Waals surface area (Å²) < 4.78 is 0. The molecule has 0 amide bonds. The van der Waals surface area contributed by atoms with Gasteiger partial charge in [0.1, 0.15) is 0 Å². The quantitative estimate of drug-likeness (QED) is 0.653. The molecule has 0 saturated carbocycles. The van der Waals surface area contributed by atoms with Crippen molar-refractivity contribution in [1.82, 2.24) is 20.3 Å². The number of rotatable bonds is 5. The third kappa shape index (κ3) is 3.39. The number of anilines is 1. The number of para-hydroxylation sites is 1. The van der Waals surface area contributed by atoms with Crippen molar-refractivity contribution in [3.05, 3.63) is 54.0 Å². The van der Waals surface area contributed by atoms with E-state index in [-0.39, 0.29) is 5.56 Å². The van der Waals surface area contributed by atoms with Gasteiger partial charge in [-0.3, -0.25) is 0 Å². The van der Waals surface area contributed by atoms with Crippen LogP contribution in [0.1, 0.15) is 28.8 Å². The number of benzene rings is 1. The third-order valence-electron chi connectivity index (χ3n) is 4.92. The molecular formula is C19H21N5O2. The second kappa shape index (κ2) is 7.13. The van der Waals surface area contributed by atoms with Crippen LogP contribution in [0.2, 0.25) is 0 Å². The van der Waals surface area contributed by atoms with Gasteiger partial charge < -0.3 is 20.3 Å². The summed E-state index contributed by atoms with van der Waals surface area (Å²) in [6.07, 6.45) is 6.82. The molecule has 0 aliphatic carbocycles. The van der Waals surface area contributed by atoms with Gasteiger partial charge in [0, 0.05) is 55.2 Å². The van der Waals surface area contributed by atoms with Crippen molar-refractivity contribution in [2.75, 3.05) is 18.0 Å². The molecule has 3 heterocycles. The van der Waals surface area contributed by atoms with Crippen LogP contribution in [0.4, 0.5) is 5.95 Å². The molecule has 1 aliphatic heterocycles. The van der Waals surface area contributed by atoms with E-state index >= 15 is 0 Å². The molecule has 2 aromatic heterocycles. The first-order chi connectivity index (χ1) is 12.7. The number of piperidine rings is 1. The molecule has 134 valence electrons. The maximum Gasteiger partial charge on any atom is 0.338 e. The molecule has 1 aromatic carbocycles. The third-order valence-corrected chi connectivity index (χ3v) is 4.92. The molecule has 1 aliphatic rings. The minimum atomic E-state index is -1.00. The predicted molar refractivity (Wildman–Crippen MR) is 99.4 cm³/mol. The van der Waals surface area contributed by atoms with E-state index < -0.39 is 5.97 Å². The van der Waals surface area contributed by atoms with Crippen LogP contribution in [0.15, 0.2) is 42.9 Å². The maximum absolute atomic E-state index is 10.9. The lowest BCUT2D eigenvalue weighted by Gasteiger charge is -2.32. The number of H-pyrrole nitrogens is 1. The van der Waals surface area contributed by atoms with Gasteiger partial charge in [-0.05, 0) is 24.5 Å². The highest BCUT2D eigenvalue weighted by Gasteiger charge is 2.21. The van der Waals surface area contributed by atoms with Crippen LogP contribution in [0.3, 0.4) is 0 Å². The van der Waals surface area contributed by atoms with Crippen molar-refractivity contribution in [3.8, 4) is 0 Å². The van der Waals surface area contributed by atoms with Gasteiger partial charge >= 0.3 is 5.97 Å². The van der Waals surface area contributed by atoms with Crippen molar-refractivity contribution in [1.29, 1.82) is 0 Å². The molecule has 26 heavy (non-hydrogen) atoms. The van der Waals surface area contributed by atoms with Crippen LogP contribution < -0.4 is 10.2 Å². The Balaban J connectivity index is 1.31. The van der Waals surface area contributed by atoms with E-state index in [9.17, 15) is 4.79 Å². The Morgan fingerprint density at radius 3 is 2.69 bits per heavy atom. The van der Waals surface area contributed by atoms with Crippen LogP contribution in [0.25, 0.3) is 10.9 Å². The average molecular weight is 351 g/mol. The summed E-state index contributed by atoms with van der Waals surface area (Å²) in [5.74, 6) is -0.401. The summed E-state index contributed by atoms with van der Waals surface area (Å²) in [6.45, 7) is 2.56. The Morgan fingerprint density at radius 2 is 1.96 bits per heavy atom. The Bertz CT molecular complexity index is 898. The summed E-state index contributed by atoms with van der Waals surface area (Å²) in [4.78, 5) is 24.7. The highest BCUT2D eigenvalue weighted by molar-refractivity contribution is 5.86. The number of nitrogens with zero attached hydrogens (tertiary/aromatic N) is 3. The van der Waals surface area contributed by atoms with Crippen LogP contribution in [0.5, 0.6) is 0 Å². The molecule has 7 nitrogen and oxygen atoms in total. The lowest BCUT2D eigenvalue weighted by Crippen LogP contribution is -2.42. The van der Waals surface area contributed by atoms with Crippen molar-refractivity contribution in [2.45, 2.75) is 25.4 Å². The molecular weight excluding hydrogens is 330 g/mol. The molecule has 1 fully saturated rings. The standard InChI is InChI=1S/C19H21N5O2/c25-18(26)14-11-22-19(23-12-14)24-7-5-15(6-8-24)20-9-13-10-21-17-4-2-1-3-16(13)17/h1-4,10-12,15,20-21H,5-9H2,(H,25,26). The molecule has 7 heteroatoms. The van der Waals surface area contributed by atoms with Gasteiger partial charge in [0.05, 0.1) is 5.56 Å². The summed E-state index contributed by atoms with van der Waals surface area (Å²) in [6, 6.07) is 8.79. The van der Waals surface area contributed by atoms with Gasteiger partial charge in [0.2, 0.25) is 5.95 Å². The maximum atomic E-state index is 10.9. The van der Waals surface area contributed by atoms with E-state index in [1.807, 2.05) is 6.07 Å². The minimum absolute atomic E-state index is 0.115. The number of hydrogen-bond donors (Lipinski definition) is 3. The Hall–Kier alpha value is -2.93. The number of hydrogen-bond acceptors (Lipinski definition) is 5. The van der Waals surface area contributed by atoms with Gasteiger partial charge in [-0.25, -0.2) is 14.8 Å². The second-order valence-corrected chi connectivity index (χ2v) is 6.58. The number of aromatic carboxylic acids is 1. The largest absolute Gasteiger partial charge is 0.478 e. The predicted octanol–water partition coefficient (Wildman–Crippen LogP) is 2.41. The number of carbonyl (C=O) groups is 1. The first kappa shape index (κ1) is 16.5. The van der Waals surface area contributed by atoms with Crippen LogP contribution in [0, 0.1) is 0 Å². The normalized spacial score (nSPS) is 15.5. The van der Waals surface area contributed by atoms with Crippen LogP contribution in [-0.4, -0.2) is 45.2 Å². The zero-order valence-electron chi connectivity index (χ0n) is 14.4. The van der Waals surface area contributed by atoms with E-state index in [1.54, 1.807) is 0 Å². The lowest BCUT2D eigenvalue weighted by atomic mass is 10.0. The van der Waals surface area contributed by atoms with E-state index in [0.29, 0.717) is 12.0 Å². The number of carboxylic acids is 1. The molecule has 0 bridgehead atoms. The minimum Gasteiger partial charge on any atom is -0.478 e. The number of aromatic amines is 1. The number of carboxylic acid groups (broad SMARTS) is 1. The van der Waals surface area contributed by atoms with E-state index in [2.05, 4.69) is 49.6 Å². The summed E-state index contributed by atoms with van der Waals surface area (Å²) >= 11 is 0. The summed E-state index contributed by atoms with van der Waals surface area (Å²) in [5, 5.41) is 13.8. The monoisotopic (exact) mass is 351 g/mol. The lowest BCUT2D eigenvalue weighted by molar-refractivity contribution is 0.0696. The first-order valence-corrected chi connectivity index (χ1v) is 8.79. The zero-order valence-corrected chi connectivity index (χ0v) is 14.4. The van der Waals surface area contributed by atoms with Crippen molar-refractivity contribution < 1.29 is 9.90 Å². The zero-order chi connectivity index (χ0) is 17.9. The number of nitrogens with one attached hydrogen (secondary N) is 2. The van der Waals surface area contributed by atoms with E-state index in [0.717, 1.165) is 32.5 Å². The van der Waals surface area contributed by atoms with Crippen molar-refractivity contribution in [2.24, 2.45) is 0 Å². The Labute approximate surface area is 151 Å². The van der Waals surface area contributed by atoms with Crippen molar-refractivity contribution in [3.63, 3.8) is 0 Å². The van der Waals surface area contributed by atoms with Gasteiger partial charge in [-0.2, -0.15) is 0 Å². The molecule has 0 spiro atoms. The smallest absolute Gasteiger partial charge is 0.338 e. The topological polar surface area (TPSA) is 94.1 Å². The van der Waals surface area contributed by atoms with Gasteiger partial charge in [-0.1, -0.05) is 18.2 Å². The number of fused-ring (bicyclic) bond motifs is 1. The number of aromatic nitrogens is 3. The fourth-order valence-corrected chi connectivity index (χ4v) is 3.41. The average Bonchev–Trinajstić information content (AvgIpc) is 3.10. The fourth-order valence-electron chi connectivity index (χ4n) is 3.41. The molecule has 0 atom stereocenters. The highest BCUT2D eigenvalue weighted by atomic mass is 16.4. The Morgan fingerprint density at radius 1 is 1.23 bits per heavy atom. The Kier molecular flexibility index (Phi) is 4.53. The van der Waals surface area contributed by atoms with Gasteiger partial charge in [0.25, 0.3) is 0 Å². The second-order valence-electron chi connectivity index (χ2n) is 6.58. The molecule has 3 aromatic rings. The van der Waals surface area contributed by atoms with E-state index in [4.69, 9.17) is 5.11 Å². The molecule has 0 unspecified atom stereocenters. The van der Waals surface area contributed by atoms with Gasteiger partial charge in [0.15, 0.2) is 0 Å². The first-order valence-electron chi connectivity index (χ1n) is 8.79. The molecule has 1 saturated heterocycles. The van der Waals surface area contributed by atoms with Gasteiger partial charge in [-0.15, -0.1) is 0 Å². The molecule has 0 radical (unpaired) electrons. The fraction of sp³-hybridized carbons (Fsp3) is 0.316. The van der Waals surface area contributed by atoms with Crippen LogP contribution in [-0.2, 0) is 6.54 Å². The van der Waals surface area contributed by atoms with Crippen molar-refractivity contribution >= 4 is 22.8 Å². The highest BCUT2D eigenvalue weighted by Crippen LogP contribution is 2.19. The summed E-state index contributed by atoms with van der Waals surface area (Å²) in [5.41, 5.74) is 2.57.